The fraction of sp³-hybridized carbons (Fsp3) is 0.294. The Balaban J connectivity index is 1.75. The van der Waals surface area contributed by atoms with Crippen molar-refractivity contribution in [3.63, 3.8) is 0 Å². The molecule has 3 rings (SSSR count). The number of halogens is 1. The molecule has 0 saturated heterocycles. The molecule has 2 heterocycles. The number of hydrogen-bond donors (Lipinski definition) is 0. The summed E-state index contributed by atoms with van der Waals surface area (Å²) in [5.41, 5.74) is 2.22. The summed E-state index contributed by atoms with van der Waals surface area (Å²) in [4.78, 5) is 28.5. The number of nitro groups is 1. The maximum atomic E-state index is 13.1. The van der Waals surface area contributed by atoms with E-state index in [9.17, 15) is 19.3 Å². The van der Waals surface area contributed by atoms with E-state index in [-0.39, 0.29) is 24.1 Å². The van der Waals surface area contributed by atoms with Crippen LogP contribution in [0.1, 0.15) is 24.5 Å². The summed E-state index contributed by atoms with van der Waals surface area (Å²) >= 11 is 0. The molecule has 1 aromatic heterocycles. The Bertz CT molecular complexity index is 809. The van der Waals surface area contributed by atoms with Crippen LogP contribution in [0.15, 0.2) is 36.7 Å². The van der Waals surface area contributed by atoms with Gasteiger partial charge < -0.3 is 4.90 Å². The first kappa shape index (κ1) is 16.0. The molecule has 0 radical (unpaired) electrons. The standard InChI is InChI=1S/C17H16FN3O3/c1-11-6-13-8-15(21(23)24)3-4-16(13)20(11)17(22)5-2-12-7-14(18)10-19-9-12/h3-4,7-11H,2,5-6H2,1H3/t11-/m0/s1. The van der Waals surface area contributed by atoms with E-state index < -0.39 is 10.7 Å². The number of carbonyl (C=O) groups is 1. The van der Waals surface area contributed by atoms with E-state index in [2.05, 4.69) is 4.98 Å². The number of hydrogen-bond acceptors (Lipinski definition) is 4. The first-order valence-corrected chi connectivity index (χ1v) is 7.64. The van der Waals surface area contributed by atoms with Crippen molar-refractivity contribution < 1.29 is 14.1 Å². The van der Waals surface area contributed by atoms with Crippen molar-refractivity contribution in [1.29, 1.82) is 0 Å². The van der Waals surface area contributed by atoms with Gasteiger partial charge in [-0.2, -0.15) is 0 Å². The summed E-state index contributed by atoms with van der Waals surface area (Å²) in [6.45, 7) is 1.91. The number of benzene rings is 1. The number of nitro benzene ring substituents is 1. The van der Waals surface area contributed by atoms with Gasteiger partial charge in [0.05, 0.1) is 11.1 Å². The molecule has 2 aromatic rings. The molecule has 0 saturated carbocycles. The molecule has 0 aliphatic carbocycles. The molecule has 7 heteroatoms. The molecule has 0 unspecified atom stereocenters. The molecule has 1 aromatic carbocycles. The average molecular weight is 329 g/mol. The molecule has 0 bridgehead atoms. The van der Waals surface area contributed by atoms with Crippen LogP contribution in [0.3, 0.4) is 0 Å². The molecule has 1 aliphatic rings. The molecule has 1 aliphatic heterocycles. The summed E-state index contributed by atoms with van der Waals surface area (Å²) in [6.07, 6.45) is 3.88. The highest BCUT2D eigenvalue weighted by atomic mass is 19.1. The summed E-state index contributed by atoms with van der Waals surface area (Å²) in [5, 5.41) is 10.9. The van der Waals surface area contributed by atoms with Gasteiger partial charge in [0.1, 0.15) is 5.82 Å². The van der Waals surface area contributed by atoms with Gasteiger partial charge in [-0.3, -0.25) is 19.9 Å². The lowest BCUT2D eigenvalue weighted by Crippen LogP contribution is -2.35. The third kappa shape index (κ3) is 3.10. The molecule has 0 N–H and O–H groups in total. The van der Waals surface area contributed by atoms with Gasteiger partial charge in [0.2, 0.25) is 5.91 Å². The number of pyridine rings is 1. The van der Waals surface area contributed by atoms with Crippen molar-refractivity contribution in [3.05, 3.63) is 63.7 Å². The van der Waals surface area contributed by atoms with Crippen LogP contribution in [0.25, 0.3) is 0 Å². The highest BCUT2D eigenvalue weighted by molar-refractivity contribution is 5.96. The third-order valence-corrected chi connectivity index (χ3v) is 4.15. The lowest BCUT2D eigenvalue weighted by molar-refractivity contribution is -0.384. The lowest BCUT2D eigenvalue weighted by atomic mass is 10.1. The van der Waals surface area contributed by atoms with Gasteiger partial charge in [0, 0.05) is 36.5 Å². The Kier molecular flexibility index (Phi) is 4.24. The molecule has 0 spiro atoms. The first-order chi connectivity index (χ1) is 11.5. The average Bonchev–Trinajstić information content (AvgIpc) is 2.87. The Labute approximate surface area is 138 Å². The van der Waals surface area contributed by atoms with Gasteiger partial charge in [-0.05, 0) is 43.0 Å². The van der Waals surface area contributed by atoms with E-state index in [4.69, 9.17) is 0 Å². The second-order valence-corrected chi connectivity index (χ2v) is 5.90. The maximum Gasteiger partial charge on any atom is 0.269 e. The Morgan fingerprint density at radius 3 is 2.92 bits per heavy atom. The zero-order chi connectivity index (χ0) is 17.3. The van der Waals surface area contributed by atoms with Crippen LogP contribution in [0.4, 0.5) is 15.8 Å². The second-order valence-electron chi connectivity index (χ2n) is 5.90. The van der Waals surface area contributed by atoms with Gasteiger partial charge in [-0.1, -0.05) is 0 Å². The number of non-ortho nitro benzene ring substituents is 1. The molecule has 6 nitrogen and oxygen atoms in total. The molecule has 24 heavy (non-hydrogen) atoms. The Morgan fingerprint density at radius 2 is 2.21 bits per heavy atom. The van der Waals surface area contributed by atoms with Crippen molar-refractivity contribution in [2.75, 3.05) is 4.90 Å². The number of amides is 1. The van der Waals surface area contributed by atoms with E-state index >= 15 is 0 Å². The number of fused-ring (bicyclic) bond motifs is 1. The number of anilines is 1. The van der Waals surface area contributed by atoms with Crippen molar-refractivity contribution in [1.82, 2.24) is 4.98 Å². The van der Waals surface area contributed by atoms with Crippen LogP contribution in [0.5, 0.6) is 0 Å². The first-order valence-electron chi connectivity index (χ1n) is 7.64. The highest BCUT2D eigenvalue weighted by Crippen LogP contribution is 2.35. The minimum Gasteiger partial charge on any atom is -0.309 e. The summed E-state index contributed by atoms with van der Waals surface area (Å²) < 4.78 is 13.1. The fourth-order valence-corrected chi connectivity index (χ4v) is 3.08. The molecule has 1 amide bonds. The van der Waals surface area contributed by atoms with E-state index in [1.165, 1.54) is 18.2 Å². The number of rotatable bonds is 4. The molecule has 124 valence electrons. The van der Waals surface area contributed by atoms with Crippen molar-refractivity contribution in [2.24, 2.45) is 0 Å². The summed E-state index contributed by atoms with van der Waals surface area (Å²) in [7, 11) is 0. The van der Waals surface area contributed by atoms with Crippen LogP contribution in [0.2, 0.25) is 0 Å². The second kappa shape index (κ2) is 6.35. The maximum absolute atomic E-state index is 13.1. The largest absolute Gasteiger partial charge is 0.309 e. The van der Waals surface area contributed by atoms with Crippen molar-refractivity contribution >= 4 is 17.3 Å². The van der Waals surface area contributed by atoms with Gasteiger partial charge >= 0.3 is 0 Å². The van der Waals surface area contributed by atoms with E-state index in [0.717, 1.165) is 17.4 Å². The predicted molar refractivity (Wildman–Crippen MR) is 86.3 cm³/mol. The predicted octanol–water partition coefficient (Wildman–Crippen LogP) is 3.04. The monoisotopic (exact) mass is 329 g/mol. The van der Waals surface area contributed by atoms with Gasteiger partial charge in [0.25, 0.3) is 5.69 Å². The number of nitrogens with zero attached hydrogens (tertiary/aromatic N) is 3. The minimum absolute atomic E-state index is 0.0288. The van der Waals surface area contributed by atoms with Crippen LogP contribution >= 0.6 is 0 Å². The molecular weight excluding hydrogens is 313 g/mol. The van der Waals surface area contributed by atoms with Gasteiger partial charge in [-0.15, -0.1) is 0 Å². The topological polar surface area (TPSA) is 76.3 Å². The van der Waals surface area contributed by atoms with E-state index in [1.54, 1.807) is 17.2 Å². The Morgan fingerprint density at radius 1 is 1.42 bits per heavy atom. The fourth-order valence-electron chi connectivity index (χ4n) is 3.08. The van der Waals surface area contributed by atoms with E-state index in [0.29, 0.717) is 18.4 Å². The number of carbonyl (C=O) groups excluding carboxylic acids is 1. The normalized spacial score (nSPS) is 16.1. The Hall–Kier alpha value is -2.83. The lowest BCUT2D eigenvalue weighted by Gasteiger charge is -2.22. The van der Waals surface area contributed by atoms with Crippen molar-refractivity contribution in [3.8, 4) is 0 Å². The van der Waals surface area contributed by atoms with Crippen LogP contribution in [-0.4, -0.2) is 21.9 Å². The zero-order valence-corrected chi connectivity index (χ0v) is 13.1. The SMILES string of the molecule is C[C@H]1Cc2cc([N+](=O)[O-])ccc2N1C(=O)CCc1cncc(F)c1. The summed E-state index contributed by atoms with van der Waals surface area (Å²) in [6, 6.07) is 5.87. The van der Waals surface area contributed by atoms with Crippen LogP contribution in [-0.2, 0) is 17.6 Å². The van der Waals surface area contributed by atoms with Gasteiger partial charge in [-0.25, -0.2) is 4.39 Å². The summed E-state index contributed by atoms with van der Waals surface area (Å²) in [5.74, 6) is -0.508. The number of aryl methyl sites for hydroxylation is 1. The quantitative estimate of drug-likeness (QED) is 0.638. The number of aromatic nitrogens is 1. The van der Waals surface area contributed by atoms with Crippen molar-refractivity contribution in [2.45, 2.75) is 32.2 Å². The van der Waals surface area contributed by atoms with Gasteiger partial charge in [0.15, 0.2) is 0 Å². The van der Waals surface area contributed by atoms with E-state index in [1.807, 2.05) is 6.92 Å². The minimum atomic E-state index is -0.438. The zero-order valence-electron chi connectivity index (χ0n) is 13.1. The van der Waals surface area contributed by atoms with Crippen LogP contribution in [0, 0.1) is 15.9 Å². The molecule has 0 fully saturated rings. The third-order valence-electron chi connectivity index (χ3n) is 4.15. The molecular formula is C17H16FN3O3. The highest BCUT2D eigenvalue weighted by Gasteiger charge is 2.31. The molecule has 1 atom stereocenters. The van der Waals surface area contributed by atoms with Crippen LogP contribution < -0.4 is 4.90 Å². The smallest absolute Gasteiger partial charge is 0.269 e.